The topological polar surface area (TPSA) is 44.4 Å². The van der Waals surface area contributed by atoms with E-state index in [1.165, 1.54) is 33.4 Å². The van der Waals surface area contributed by atoms with E-state index in [1.54, 1.807) is 0 Å². The molecule has 0 amide bonds. The van der Waals surface area contributed by atoms with Crippen LogP contribution in [0.3, 0.4) is 0 Å². The molecule has 4 heterocycles. The first kappa shape index (κ1) is 63.5. The Morgan fingerprint density at radius 3 is 0.819 bits per heavy atom. The Hall–Kier alpha value is -9.20. The molecule has 0 aromatic heterocycles. The van der Waals surface area contributed by atoms with Crippen molar-refractivity contribution in [1.82, 2.24) is 0 Å². The summed E-state index contributed by atoms with van der Waals surface area (Å²) < 4.78 is 13.3. The monoisotopic (exact) mass is 1590 g/mol. The molecule has 0 radical (unpaired) electrons. The van der Waals surface area contributed by atoms with E-state index in [0.717, 1.165) is 91.0 Å². The van der Waals surface area contributed by atoms with Crippen LogP contribution in [0, 0.1) is 78.6 Å². The number of rotatable bonds is 12. The average molecular weight is 1590 g/mol. The summed E-state index contributed by atoms with van der Waals surface area (Å²) in [4.78, 5) is 17.8. The molecular weight excluding hydrogens is 1520 g/mol. The molecule has 0 unspecified atom stereocenters. The van der Waals surface area contributed by atoms with Gasteiger partial charge in [-0.25, -0.2) is 0 Å². The van der Waals surface area contributed by atoms with Gasteiger partial charge in [-0.3, -0.25) is 0 Å². The van der Waals surface area contributed by atoms with Gasteiger partial charge in [0.05, 0.1) is 0 Å². The number of anilines is 16. The van der Waals surface area contributed by atoms with Crippen LogP contribution < -0.4 is 48.7 Å². The molecule has 4 aliphatic rings. The number of nitrogens with zero attached hydrogens (tertiary/aromatic N) is 8. The second-order valence-electron chi connectivity index (χ2n) is 26.2. The van der Waals surface area contributed by atoms with Crippen molar-refractivity contribution in [3.8, 4) is 23.0 Å². The zero-order valence-corrected chi connectivity index (χ0v) is 58.7. The quantitative estimate of drug-likeness (QED) is 0.111. The molecule has 0 bridgehead atoms. The number of hydrogen-bond donors (Lipinski definition) is 0. The fourth-order valence-electron chi connectivity index (χ4n) is 12.4. The standard InChI is InChI=1S/C82H70N8O2.2Pt/c1-55-41-77-79(43-57(55)3)89(53-87(77)63-23-15-21-59(45-63)81(5,6)7)67-27-19-31-71(49-67)91-69-29-17-25-65(47-69)85-51-83(73-33-11-13-35-75(73)85)61-37-39-62(40-38-61)84-52-86(76-36-14-12-34-74(76)84)66-26-18-30-70(48-66)92-72-32-20-28-68(50-72)90-54-88(78-42-56(2)58(4)44-80(78)90)64-24-16-22-60(46-64)82(8,9)10;;/h11-46,51-54H,1-10H3;;/q-8;2*+4. The summed E-state index contributed by atoms with van der Waals surface area (Å²) in [6.45, 7) is 30.8. The molecule has 15 rings (SSSR count). The number of fused-ring (bicyclic) bond motifs is 4. The SMILES string of the molecule is Cc1cc2c(cc1C)N(c1cccc(C(C)(C)C)c1)[CH-]N2c1[c-]c(Oc2[c-]c(N3[CH-]N(c4ccc(N5[CH-]N(c6[c-]c(Oc7[c-]c(N8[CH-]N(c9cccc(C(C)(C)C)c9)c9cc(C)c(C)cc98)ccc7)ccc6)c6ccccc65)cc4)c4ccccc43)ccc2)ccc1.[Pt+4].[Pt+4]. The van der Waals surface area contributed by atoms with Gasteiger partial charge in [-0.1, -0.05) is 90.1 Å². The zero-order chi connectivity index (χ0) is 63.2. The second-order valence-corrected chi connectivity index (χ2v) is 26.2. The van der Waals surface area contributed by atoms with Crippen LogP contribution in [0.15, 0.2) is 218 Å². The van der Waals surface area contributed by atoms with Gasteiger partial charge in [0.1, 0.15) is 0 Å². The summed E-state index contributed by atoms with van der Waals surface area (Å²) >= 11 is 0. The number of benzene rings is 11. The second kappa shape index (κ2) is 25.3. The van der Waals surface area contributed by atoms with E-state index in [1.807, 2.05) is 48.5 Å². The van der Waals surface area contributed by atoms with Crippen molar-refractivity contribution >= 4 is 91.0 Å². The van der Waals surface area contributed by atoms with Gasteiger partial charge in [0.25, 0.3) is 0 Å². The summed E-state index contributed by atoms with van der Waals surface area (Å²) in [5.41, 5.74) is 23.8. The van der Waals surface area contributed by atoms with Gasteiger partial charge in [0.15, 0.2) is 0 Å². The van der Waals surface area contributed by atoms with Crippen LogP contribution in [0.2, 0.25) is 0 Å². The van der Waals surface area contributed by atoms with E-state index in [0.29, 0.717) is 23.0 Å². The van der Waals surface area contributed by atoms with Crippen molar-refractivity contribution in [3.63, 3.8) is 0 Å². The van der Waals surface area contributed by atoms with Gasteiger partial charge in [-0.15, -0.1) is 122 Å². The van der Waals surface area contributed by atoms with Gasteiger partial charge in [-0.2, -0.15) is 24.3 Å². The van der Waals surface area contributed by atoms with Gasteiger partial charge < -0.3 is 48.7 Å². The summed E-state index contributed by atoms with van der Waals surface area (Å²) in [6, 6.07) is 90.9. The van der Waals surface area contributed by atoms with Gasteiger partial charge >= 0.3 is 42.1 Å². The summed E-state index contributed by atoms with van der Waals surface area (Å²) in [7, 11) is 0. The third-order valence-electron chi connectivity index (χ3n) is 17.8. The minimum Gasteiger partial charge on any atom is -0.509 e. The van der Waals surface area contributed by atoms with Crippen LogP contribution in [-0.2, 0) is 53.0 Å². The normalized spacial score (nSPS) is 14.0. The summed E-state index contributed by atoms with van der Waals surface area (Å²) in [5.74, 6) is 2.35. The van der Waals surface area contributed by atoms with Crippen molar-refractivity contribution in [2.24, 2.45) is 0 Å². The van der Waals surface area contributed by atoms with Crippen LogP contribution in [-0.4, -0.2) is 0 Å². The molecule has 470 valence electrons. The van der Waals surface area contributed by atoms with Crippen LogP contribution in [0.5, 0.6) is 23.0 Å². The van der Waals surface area contributed by atoms with Crippen molar-refractivity contribution in [3.05, 3.63) is 303 Å². The van der Waals surface area contributed by atoms with Crippen LogP contribution >= 0.6 is 0 Å². The molecule has 11 aromatic carbocycles. The fraction of sp³-hybridized carbons (Fsp3) is 0.146. The van der Waals surface area contributed by atoms with Crippen molar-refractivity contribution in [2.75, 3.05) is 39.2 Å². The molecular formula is C82H70N8O2Pt2. The Morgan fingerprint density at radius 1 is 0.266 bits per heavy atom. The molecule has 0 atom stereocenters. The molecule has 12 heteroatoms. The third-order valence-corrected chi connectivity index (χ3v) is 17.8. The van der Waals surface area contributed by atoms with E-state index >= 15 is 0 Å². The Labute approximate surface area is 583 Å². The predicted octanol–water partition coefficient (Wildman–Crippen LogP) is 21.9. The number of aryl methyl sites for hydroxylation is 4. The summed E-state index contributed by atoms with van der Waals surface area (Å²) in [5, 5.41) is 0. The molecule has 94 heavy (non-hydrogen) atoms. The van der Waals surface area contributed by atoms with Crippen molar-refractivity contribution < 1.29 is 51.6 Å². The number of hydrogen-bond acceptors (Lipinski definition) is 10. The first-order valence-corrected chi connectivity index (χ1v) is 31.4. The maximum Gasteiger partial charge on any atom is 4.00 e. The first-order valence-electron chi connectivity index (χ1n) is 31.4. The van der Waals surface area contributed by atoms with Crippen molar-refractivity contribution in [1.29, 1.82) is 0 Å². The van der Waals surface area contributed by atoms with E-state index < -0.39 is 0 Å². The van der Waals surface area contributed by atoms with Crippen LogP contribution in [0.4, 0.5) is 91.0 Å². The first-order chi connectivity index (χ1) is 44.4. The minimum atomic E-state index is 0. The Kier molecular flexibility index (Phi) is 17.1. The smallest absolute Gasteiger partial charge is 0.509 e. The predicted molar refractivity (Wildman–Crippen MR) is 377 cm³/mol. The maximum atomic E-state index is 6.64. The molecule has 4 aliphatic heterocycles. The van der Waals surface area contributed by atoms with Gasteiger partial charge in [0.2, 0.25) is 0 Å². The molecule has 0 aliphatic carbocycles. The zero-order valence-electron chi connectivity index (χ0n) is 54.1. The minimum absolute atomic E-state index is 0. The Morgan fingerprint density at radius 2 is 0.521 bits per heavy atom. The molecule has 0 N–H and O–H groups in total. The maximum absolute atomic E-state index is 6.64. The van der Waals surface area contributed by atoms with E-state index in [-0.39, 0.29) is 53.0 Å². The van der Waals surface area contributed by atoms with Crippen LogP contribution in [0.25, 0.3) is 0 Å². The molecule has 10 nitrogen and oxygen atoms in total. The molecule has 0 saturated heterocycles. The van der Waals surface area contributed by atoms with Crippen molar-refractivity contribution in [2.45, 2.75) is 80.1 Å². The third kappa shape index (κ3) is 12.0. The molecule has 0 spiro atoms. The van der Waals surface area contributed by atoms with E-state index in [2.05, 4.69) is 329 Å². The van der Waals surface area contributed by atoms with Crippen LogP contribution in [0.1, 0.15) is 74.9 Å². The largest absolute Gasteiger partial charge is 4.00 e. The molecule has 11 aromatic rings. The fourth-order valence-corrected chi connectivity index (χ4v) is 12.4. The molecule has 0 saturated carbocycles. The summed E-state index contributed by atoms with van der Waals surface area (Å²) in [6.07, 6.45) is 0. The van der Waals surface area contributed by atoms with Gasteiger partial charge in [0, 0.05) is 91.2 Å². The van der Waals surface area contributed by atoms with E-state index in [9.17, 15) is 0 Å². The van der Waals surface area contributed by atoms with Gasteiger partial charge in [-0.05, 0) is 169 Å². The average Bonchev–Trinajstić information content (AvgIpc) is 1.63. The number of para-hydroxylation sites is 4. The Bertz CT molecular complexity index is 4360. The van der Waals surface area contributed by atoms with E-state index in [4.69, 9.17) is 9.47 Å². The number of ether oxygens (including phenoxy) is 2. The Balaban J connectivity index is 0.00000401. The molecule has 0 fully saturated rings.